The second-order valence-corrected chi connectivity index (χ2v) is 6.39. The molecule has 0 aliphatic carbocycles. The molecule has 2 atom stereocenters. The number of hydrogen-bond acceptors (Lipinski definition) is 4. The van der Waals surface area contributed by atoms with E-state index in [1.165, 1.54) is 51.9 Å². The fourth-order valence-corrected chi connectivity index (χ4v) is 2.62. The summed E-state index contributed by atoms with van der Waals surface area (Å²) in [5, 5.41) is 19.4. The Morgan fingerprint density at radius 1 is 0.957 bits per heavy atom. The van der Waals surface area contributed by atoms with E-state index in [0.29, 0.717) is 6.42 Å². The maximum atomic E-state index is 10.6. The molecule has 136 valence electrons. The first-order valence-electron chi connectivity index (χ1n) is 9.16. The number of unbranched alkanes of at least 4 members (excludes halogenated alkanes) is 9. The largest absolute Gasteiger partial charge is 0.463 e. The summed E-state index contributed by atoms with van der Waals surface area (Å²) in [5.74, 6) is -0.403. The Labute approximate surface area is 141 Å². The van der Waals surface area contributed by atoms with Crippen molar-refractivity contribution in [3.8, 4) is 0 Å². The van der Waals surface area contributed by atoms with Crippen LogP contribution in [-0.4, -0.2) is 35.0 Å². The van der Waals surface area contributed by atoms with Crippen molar-refractivity contribution in [3.63, 3.8) is 0 Å². The van der Waals surface area contributed by atoms with E-state index in [4.69, 9.17) is 4.74 Å². The van der Waals surface area contributed by atoms with Crippen LogP contribution in [0.5, 0.6) is 0 Å². The van der Waals surface area contributed by atoms with Gasteiger partial charge >= 0.3 is 5.97 Å². The Bertz CT molecular complexity index is 291. The number of allylic oxidation sites excluding steroid dienone is 1. The summed E-state index contributed by atoms with van der Waals surface area (Å²) in [5.41, 5.74) is 0. The van der Waals surface area contributed by atoms with Crippen molar-refractivity contribution < 1.29 is 19.7 Å². The number of aliphatic hydroxyl groups excluding tert-OH is 2. The van der Waals surface area contributed by atoms with Gasteiger partial charge in [-0.15, -0.1) is 6.58 Å². The van der Waals surface area contributed by atoms with Crippen LogP contribution in [0.1, 0.15) is 84.0 Å². The number of hydrogen-bond donors (Lipinski definition) is 2. The van der Waals surface area contributed by atoms with Gasteiger partial charge in [-0.3, -0.25) is 4.79 Å². The molecular weight excluding hydrogens is 292 g/mol. The van der Waals surface area contributed by atoms with Crippen LogP contribution in [0.2, 0.25) is 0 Å². The average molecular weight is 328 g/mol. The first kappa shape index (κ1) is 22.1. The van der Waals surface area contributed by atoms with Gasteiger partial charge < -0.3 is 14.9 Å². The molecule has 0 aromatic heterocycles. The Balaban J connectivity index is 3.30. The molecule has 0 radical (unpaired) electrons. The second kappa shape index (κ2) is 16.0. The van der Waals surface area contributed by atoms with Crippen LogP contribution in [0, 0.1) is 0 Å². The van der Waals surface area contributed by atoms with Gasteiger partial charge in [-0.25, -0.2) is 0 Å². The van der Waals surface area contributed by atoms with Gasteiger partial charge in [0.15, 0.2) is 0 Å². The molecule has 0 aliphatic heterocycles. The molecule has 4 nitrogen and oxygen atoms in total. The van der Waals surface area contributed by atoms with E-state index < -0.39 is 18.2 Å². The fraction of sp³-hybridized carbons (Fsp3) is 0.842. The molecule has 4 heteroatoms. The van der Waals surface area contributed by atoms with Gasteiger partial charge in [0.05, 0.1) is 12.2 Å². The highest BCUT2D eigenvalue weighted by Crippen LogP contribution is 2.13. The van der Waals surface area contributed by atoms with E-state index in [-0.39, 0.29) is 13.0 Å². The van der Waals surface area contributed by atoms with Crippen molar-refractivity contribution in [1.29, 1.82) is 0 Å². The van der Waals surface area contributed by atoms with Gasteiger partial charge in [-0.1, -0.05) is 57.4 Å². The lowest BCUT2D eigenvalue weighted by molar-refractivity contribution is -0.144. The topological polar surface area (TPSA) is 66.8 Å². The summed E-state index contributed by atoms with van der Waals surface area (Å²) >= 11 is 0. The third kappa shape index (κ3) is 17.3. The summed E-state index contributed by atoms with van der Waals surface area (Å²) in [6.45, 7) is 5.01. The Hall–Kier alpha value is -0.870. The quantitative estimate of drug-likeness (QED) is 0.254. The minimum atomic E-state index is -0.769. The van der Waals surface area contributed by atoms with E-state index >= 15 is 0 Å². The van der Waals surface area contributed by atoms with Crippen LogP contribution in [0.4, 0.5) is 0 Å². The lowest BCUT2D eigenvalue weighted by atomic mass is 10.0. The summed E-state index contributed by atoms with van der Waals surface area (Å²) in [7, 11) is 0. The van der Waals surface area contributed by atoms with Crippen LogP contribution in [0.15, 0.2) is 12.7 Å². The maximum absolute atomic E-state index is 10.6. The highest BCUT2D eigenvalue weighted by molar-refractivity contribution is 5.65. The van der Waals surface area contributed by atoms with Crippen molar-refractivity contribution in [2.75, 3.05) is 6.61 Å². The molecule has 0 saturated heterocycles. The first-order valence-corrected chi connectivity index (χ1v) is 9.16. The smallest absolute Gasteiger partial charge is 0.302 e. The van der Waals surface area contributed by atoms with Crippen molar-refractivity contribution in [1.82, 2.24) is 0 Å². The summed E-state index contributed by atoms with van der Waals surface area (Å²) < 4.78 is 4.71. The number of carbonyl (C=O) groups is 1. The van der Waals surface area contributed by atoms with E-state index in [1.807, 2.05) is 6.08 Å². The molecule has 2 N–H and O–H groups in total. The number of aliphatic hydroxyl groups is 2. The molecule has 0 heterocycles. The third-order valence-corrected chi connectivity index (χ3v) is 3.97. The molecule has 0 rings (SSSR count). The Kier molecular flexibility index (Phi) is 15.4. The van der Waals surface area contributed by atoms with Crippen molar-refractivity contribution in [2.24, 2.45) is 0 Å². The van der Waals surface area contributed by atoms with Gasteiger partial charge in [0.1, 0.15) is 6.61 Å². The van der Waals surface area contributed by atoms with E-state index in [1.54, 1.807) is 0 Å². The zero-order valence-corrected chi connectivity index (χ0v) is 14.8. The summed E-state index contributed by atoms with van der Waals surface area (Å²) in [6.07, 6.45) is 14.0. The van der Waals surface area contributed by atoms with Gasteiger partial charge in [-0.2, -0.15) is 0 Å². The SMILES string of the molecule is C=CCCCCCCCCCCC[C@@H](O)C[C@H](O)COC(C)=O. The molecule has 0 bridgehead atoms. The van der Waals surface area contributed by atoms with Gasteiger partial charge in [0.2, 0.25) is 0 Å². The molecule has 0 aromatic carbocycles. The molecule has 0 saturated carbocycles. The fourth-order valence-electron chi connectivity index (χ4n) is 2.62. The minimum Gasteiger partial charge on any atom is -0.463 e. The predicted molar refractivity (Wildman–Crippen MR) is 94.2 cm³/mol. The summed E-state index contributed by atoms with van der Waals surface area (Å²) in [6, 6.07) is 0. The van der Waals surface area contributed by atoms with E-state index in [2.05, 4.69) is 6.58 Å². The molecule has 23 heavy (non-hydrogen) atoms. The van der Waals surface area contributed by atoms with Gasteiger partial charge in [0.25, 0.3) is 0 Å². The van der Waals surface area contributed by atoms with Crippen LogP contribution in [0.25, 0.3) is 0 Å². The zero-order valence-electron chi connectivity index (χ0n) is 14.8. The maximum Gasteiger partial charge on any atom is 0.302 e. The van der Waals surface area contributed by atoms with Crippen molar-refractivity contribution in [2.45, 2.75) is 96.2 Å². The third-order valence-electron chi connectivity index (χ3n) is 3.97. The molecule has 0 unspecified atom stereocenters. The molecule has 0 spiro atoms. The lowest BCUT2D eigenvalue weighted by Gasteiger charge is -2.15. The number of rotatable bonds is 16. The molecule has 0 fully saturated rings. The average Bonchev–Trinajstić information content (AvgIpc) is 2.50. The highest BCUT2D eigenvalue weighted by atomic mass is 16.5. The molecule has 0 aromatic rings. The molecule has 0 aliphatic rings. The van der Waals surface area contributed by atoms with Crippen molar-refractivity contribution in [3.05, 3.63) is 12.7 Å². The van der Waals surface area contributed by atoms with Crippen molar-refractivity contribution >= 4 is 5.97 Å². The van der Waals surface area contributed by atoms with Crippen LogP contribution in [-0.2, 0) is 9.53 Å². The van der Waals surface area contributed by atoms with Crippen LogP contribution >= 0.6 is 0 Å². The number of ether oxygens (including phenoxy) is 1. The van der Waals surface area contributed by atoms with E-state index in [9.17, 15) is 15.0 Å². The standard InChI is InChI=1S/C19H36O4/c1-3-4-5-6-7-8-9-10-11-12-13-14-18(21)15-19(22)16-23-17(2)20/h3,18-19,21-22H,1,4-16H2,2H3/t18-,19+/m1/s1. The Morgan fingerprint density at radius 3 is 2.00 bits per heavy atom. The zero-order chi connectivity index (χ0) is 17.3. The number of carbonyl (C=O) groups excluding carboxylic acids is 1. The minimum absolute atomic E-state index is 0.0286. The van der Waals surface area contributed by atoms with Crippen LogP contribution < -0.4 is 0 Å². The highest BCUT2D eigenvalue weighted by Gasteiger charge is 2.12. The number of esters is 1. The normalized spacial score (nSPS) is 13.5. The van der Waals surface area contributed by atoms with Crippen LogP contribution in [0.3, 0.4) is 0 Å². The Morgan fingerprint density at radius 2 is 1.48 bits per heavy atom. The molecular formula is C19H36O4. The predicted octanol–water partition coefficient (Wildman–Crippen LogP) is 4.14. The lowest BCUT2D eigenvalue weighted by Crippen LogP contribution is -2.23. The second-order valence-electron chi connectivity index (χ2n) is 6.39. The molecule has 0 amide bonds. The monoisotopic (exact) mass is 328 g/mol. The first-order chi connectivity index (χ1) is 11.1. The summed E-state index contributed by atoms with van der Waals surface area (Å²) in [4.78, 5) is 10.6. The van der Waals surface area contributed by atoms with Gasteiger partial charge in [-0.05, 0) is 19.3 Å². The van der Waals surface area contributed by atoms with Gasteiger partial charge in [0, 0.05) is 13.3 Å². The van der Waals surface area contributed by atoms with E-state index in [0.717, 1.165) is 19.3 Å².